The third-order valence-corrected chi connectivity index (χ3v) is 5.35. The molecule has 2 aliphatic rings. The van der Waals surface area contributed by atoms with Crippen molar-refractivity contribution in [2.24, 2.45) is 11.3 Å². The second kappa shape index (κ2) is 8.66. The van der Waals surface area contributed by atoms with Crippen LogP contribution in [-0.2, 0) is 9.53 Å². The minimum atomic E-state index is 0.111. The van der Waals surface area contributed by atoms with Gasteiger partial charge in [-0.1, -0.05) is 34.6 Å². The van der Waals surface area contributed by atoms with Crippen molar-refractivity contribution < 1.29 is 9.53 Å². The molecule has 0 aromatic rings. The first-order valence-electron chi connectivity index (χ1n) is 9.91. The van der Waals surface area contributed by atoms with Crippen molar-refractivity contribution in [2.45, 2.75) is 78.9 Å². The number of carbonyl (C=O) groups excluding carboxylic acids is 1. The topological polar surface area (TPSA) is 32.8 Å². The molecule has 0 unspecified atom stereocenters. The normalized spacial score (nSPS) is 22.3. The summed E-state index contributed by atoms with van der Waals surface area (Å²) in [6, 6.07) is 0. The Morgan fingerprint density at radius 3 is 1.96 bits per heavy atom. The highest BCUT2D eigenvalue weighted by molar-refractivity contribution is 5.78. The molecule has 24 heavy (non-hydrogen) atoms. The van der Waals surface area contributed by atoms with Crippen molar-refractivity contribution in [3.8, 4) is 0 Å². The fourth-order valence-corrected chi connectivity index (χ4v) is 3.61. The van der Waals surface area contributed by atoms with Gasteiger partial charge in [-0.3, -0.25) is 4.79 Å². The summed E-state index contributed by atoms with van der Waals surface area (Å²) in [6.07, 6.45) is 6.37. The molecule has 4 heteroatoms. The molecule has 2 fully saturated rings. The predicted molar refractivity (Wildman–Crippen MR) is 99.1 cm³/mol. The van der Waals surface area contributed by atoms with Gasteiger partial charge in [0.2, 0.25) is 5.91 Å². The van der Waals surface area contributed by atoms with E-state index in [1.54, 1.807) is 0 Å². The van der Waals surface area contributed by atoms with Crippen LogP contribution < -0.4 is 0 Å². The van der Waals surface area contributed by atoms with Crippen LogP contribution in [-0.4, -0.2) is 60.6 Å². The summed E-state index contributed by atoms with van der Waals surface area (Å²) in [5.41, 5.74) is 0.425. The Morgan fingerprint density at radius 1 is 1.00 bits per heavy atom. The molecule has 0 aromatic heterocycles. The molecule has 4 nitrogen and oxygen atoms in total. The number of amides is 1. The van der Waals surface area contributed by atoms with Crippen LogP contribution in [0.1, 0.15) is 66.7 Å². The van der Waals surface area contributed by atoms with Gasteiger partial charge in [0.25, 0.3) is 0 Å². The molecule has 0 radical (unpaired) electrons. The Hall–Kier alpha value is -0.610. The summed E-state index contributed by atoms with van der Waals surface area (Å²) in [5.74, 6) is 0.403. The standard InChI is InChI=1S/C20H38N2O2/c1-16(2)19(23)22-13-8-18(9-14-22)24-17-6-11-21(12-7-17)15-10-20(3,4)5/h16-18H,6-15H2,1-5H3. The second-order valence-electron chi connectivity index (χ2n) is 9.17. The molecule has 0 atom stereocenters. The van der Waals surface area contributed by atoms with Gasteiger partial charge in [0.05, 0.1) is 12.2 Å². The number of hydrogen-bond donors (Lipinski definition) is 0. The first kappa shape index (κ1) is 19.7. The van der Waals surface area contributed by atoms with E-state index in [0.717, 1.165) is 38.8 Å². The van der Waals surface area contributed by atoms with Crippen LogP contribution in [0.15, 0.2) is 0 Å². The number of ether oxygens (including phenoxy) is 1. The van der Waals surface area contributed by atoms with E-state index < -0.39 is 0 Å². The Labute approximate surface area is 148 Å². The lowest BCUT2D eigenvalue weighted by Gasteiger charge is -2.38. The summed E-state index contributed by atoms with van der Waals surface area (Å²) < 4.78 is 6.35. The van der Waals surface area contributed by atoms with E-state index in [0.29, 0.717) is 23.5 Å². The van der Waals surface area contributed by atoms with Gasteiger partial charge in [0.1, 0.15) is 0 Å². The zero-order chi connectivity index (χ0) is 17.7. The minimum Gasteiger partial charge on any atom is -0.375 e. The van der Waals surface area contributed by atoms with Gasteiger partial charge in [-0.15, -0.1) is 0 Å². The molecule has 2 aliphatic heterocycles. The lowest BCUT2D eigenvalue weighted by molar-refractivity contribution is -0.138. The predicted octanol–water partition coefficient (Wildman–Crippen LogP) is 3.55. The molecule has 2 saturated heterocycles. The highest BCUT2D eigenvalue weighted by Crippen LogP contribution is 2.24. The molecule has 2 rings (SSSR count). The van der Waals surface area contributed by atoms with Gasteiger partial charge < -0.3 is 14.5 Å². The molecule has 1 amide bonds. The monoisotopic (exact) mass is 338 g/mol. The Balaban J connectivity index is 1.64. The van der Waals surface area contributed by atoms with Crippen LogP contribution in [0.25, 0.3) is 0 Å². The smallest absolute Gasteiger partial charge is 0.225 e. The quantitative estimate of drug-likeness (QED) is 0.768. The number of piperidine rings is 2. The molecule has 0 aromatic carbocycles. The third-order valence-electron chi connectivity index (χ3n) is 5.35. The zero-order valence-electron chi connectivity index (χ0n) is 16.5. The van der Waals surface area contributed by atoms with Crippen molar-refractivity contribution in [1.29, 1.82) is 0 Å². The Bertz CT molecular complexity index is 387. The number of likely N-dealkylation sites (tertiary alicyclic amines) is 2. The van der Waals surface area contributed by atoms with E-state index in [4.69, 9.17) is 4.74 Å². The largest absolute Gasteiger partial charge is 0.375 e. The number of hydrogen-bond acceptors (Lipinski definition) is 3. The fourth-order valence-electron chi connectivity index (χ4n) is 3.61. The van der Waals surface area contributed by atoms with Crippen LogP contribution in [0.5, 0.6) is 0 Å². The van der Waals surface area contributed by atoms with E-state index in [9.17, 15) is 4.79 Å². The molecule has 0 saturated carbocycles. The number of carbonyl (C=O) groups is 1. The molecular formula is C20H38N2O2. The zero-order valence-corrected chi connectivity index (χ0v) is 16.5. The van der Waals surface area contributed by atoms with Crippen LogP contribution in [0.3, 0.4) is 0 Å². The molecule has 0 bridgehead atoms. The molecule has 2 heterocycles. The molecule has 0 aliphatic carbocycles. The van der Waals surface area contributed by atoms with E-state index in [2.05, 4.69) is 25.7 Å². The first-order chi connectivity index (χ1) is 11.2. The first-order valence-corrected chi connectivity index (χ1v) is 9.91. The Morgan fingerprint density at radius 2 is 1.50 bits per heavy atom. The van der Waals surface area contributed by atoms with Crippen LogP contribution in [0.4, 0.5) is 0 Å². The summed E-state index contributed by atoms with van der Waals surface area (Å²) in [6.45, 7) is 16.2. The maximum atomic E-state index is 12.0. The average Bonchev–Trinajstić information content (AvgIpc) is 2.53. The summed E-state index contributed by atoms with van der Waals surface area (Å²) in [5, 5.41) is 0. The number of rotatable bonds is 5. The molecule has 140 valence electrons. The molecule has 0 N–H and O–H groups in total. The van der Waals surface area contributed by atoms with E-state index in [-0.39, 0.29) is 5.92 Å². The van der Waals surface area contributed by atoms with Crippen LogP contribution in [0, 0.1) is 11.3 Å². The summed E-state index contributed by atoms with van der Waals surface area (Å²) in [7, 11) is 0. The maximum absolute atomic E-state index is 12.0. The van der Waals surface area contributed by atoms with Crippen molar-refractivity contribution in [2.75, 3.05) is 32.7 Å². The third kappa shape index (κ3) is 6.36. The van der Waals surface area contributed by atoms with Crippen molar-refractivity contribution in [3.05, 3.63) is 0 Å². The summed E-state index contributed by atoms with van der Waals surface area (Å²) >= 11 is 0. The van der Waals surface area contributed by atoms with E-state index in [1.807, 2.05) is 18.7 Å². The van der Waals surface area contributed by atoms with E-state index in [1.165, 1.54) is 26.1 Å². The highest BCUT2D eigenvalue weighted by Gasteiger charge is 2.28. The lowest BCUT2D eigenvalue weighted by atomic mass is 9.91. The fraction of sp³-hybridized carbons (Fsp3) is 0.950. The van der Waals surface area contributed by atoms with Gasteiger partial charge >= 0.3 is 0 Å². The SMILES string of the molecule is CC(C)C(=O)N1CCC(OC2CCN(CCC(C)(C)C)CC2)CC1. The second-order valence-corrected chi connectivity index (χ2v) is 9.17. The van der Waals surface area contributed by atoms with Gasteiger partial charge in [0, 0.05) is 32.1 Å². The van der Waals surface area contributed by atoms with Crippen molar-refractivity contribution >= 4 is 5.91 Å². The Kier molecular flexibility index (Phi) is 7.11. The maximum Gasteiger partial charge on any atom is 0.225 e. The van der Waals surface area contributed by atoms with E-state index >= 15 is 0 Å². The van der Waals surface area contributed by atoms with Crippen molar-refractivity contribution in [3.63, 3.8) is 0 Å². The van der Waals surface area contributed by atoms with Crippen LogP contribution in [0.2, 0.25) is 0 Å². The summed E-state index contributed by atoms with van der Waals surface area (Å²) in [4.78, 5) is 16.6. The van der Waals surface area contributed by atoms with Gasteiger partial charge in [-0.2, -0.15) is 0 Å². The van der Waals surface area contributed by atoms with Gasteiger partial charge in [-0.05, 0) is 44.1 Å². The van der Waals surface area contributed by atoms with Gasteiger partial charge in [0.15, 0.2) is 0 Å². The molecular weight excluding hydrogens is 300 g/mol. The van der Waals surface area contributed by atoms with Gasteiger partial charge in [-0.25, -0.2) is 0 Å². The highest BCUT2D eigenvalue weighted by atomic mass is 16.5. The van der Waals surface area contributed by atoms with Crippen molar-refractivity contribution in [1.82, 2.24) is 9.80 Å². The van der Waals surface area contributed by atoms with Crippen LogP contribution >= 0.6 is 0 Å². The lowest BCUT2D eigenvalue weighted by Crippen LogP contribution is -2.45. The number of nitrogens with zero attached hydrogens (tertiary/aromatic N) is 2. The minimum absolute atomic E-state index is 0.111. The molecule has 0 spiro atoms. The average molecular weight is 339 g/mol.